The third-order valence-electron chi connectivity index (χ3n) is 4.86. The fraction of sp³-hybridized carbons (Fsp3) is 0.333. The molecule has 128 valence electrons. The molecule has 4 heterocycles. The number of aryl methyl sites for hydroxylation is 1. The second kappa shape index (κ2) is 5.79. The van der Waals surface area contributed by atoms with E-state index in [9.17, 15) is 5.11 Å². The summed E-state index contributed by atoms with van der Waals surface area (Å²) in [4.78, 5) is 7.34. The summed E-state index contributed by atoms with van der Waals surface area (Å²) in [6, 6.07) is 6.16. The summed E-state index contributed by atoms with van der Waals surface area (Å²) in [6.45, 7) is 2.21. The van der Waals surface area contributed by atoms with Crippen molar-refractivity contribution in [3.63, 3.8) is 0 Å². The molecule has 5 rings (SSSR count). The molecule has 25 heavy (non-hydrogen) atoms. The van der Waals surface area contributed by atoms with Gasteiger partial charge in [-0.15, -0.1) is 22.7 Å². The standard InChI is InChI=1S/C18H18N4OS2/c1-22-9-12-13(21-22)3-2-11(16(12)23)17-20-18-15(25-17)8-14(24-18)10-4-6-19-7-5-10/h2-3,8-10,19,23H,4-7H2,1H3. The van der Waals surface area contributed by atoms with E-state index < -0.39 is 0 Å². The zero-order valence-corrected chi connectivity index (χ0v) is 15.5. The van der Waals surface area contributed by atoms with Crippen LogP contribution in [0.5, 0.6) is 5.75 Å². The van der Waals surface area contributed by atoms with Gasteiger partial charge in [0, 0.05) is 18.1 Å². The van der Waals surface area contributed by atoms with Crippen LogP contribution in [-0.4, -0.2) is 33.0 Å². The molecule has 1 aliphatic rings. The van der Waals surface area contributed by atoms with Crippen molar-refractivity contribution in [1.82, 2.24) is 20.1 Å². The molecule has 0 atom stereocenters. The maximum absolute atomic E-state index is 10.6. The first-order valence-electron chi connectivity index (χ1n) is 8.46. The number of thiophene rings is 1. The second-order valence-electron chi connectivity index (χ2n) is 6.56. The molecule has 0 spiro atoms. The van der Waals surface area contributed by atoms with Crippen LogP contribution >= 0.6 is 22.7 Å². The topological polar surface area (TPSA) is 63.0 Å². The number of hydrogen-bond acceptors (Lipinski definition) is 6. The Bertz CT molecular complexity index is 1040. The molecule has 3 aromatic heterocycles. The molecule has 5 nitrogen and oxygen atoms in total. The largest absolute Gasteiger partial charge is 0.506 e. The van der Waals surface area contributed by atoms with Crippen LogP contribution in [0.2, 0.25) is 0 Å². The SMILES string of the molecule is Cn1cc2c(O)c(-c3nc4sc(C5CCNCC5)cc4s3)ccc2n1. The summed E-state index contributed by atoms with van der Waals surface area (Å²) in [6.07, 6.45) is 4.26. The van der Waals surface area contributed by atoms with Gasteiger partial charge in [-0.05, 0) is 50.0 Å². The van der Waals surface area contributed by atoms with Gasteiger partial charge in [0.2, 0.25) is 0 Å². The van der Waals surface area contributed by atoms with Gasteiger partial charge in [-0.1, -0.05) is 0 Å². The van der Waals surface area contributed by atoms with E-state index >= 15 is 0 Å². The monoisotopic (exact) mass is 370 g/mol. The van der Waals surface area contributed by atoms with Crippen molar-refractivity contribution in [2.75, 3.05) is 13.1 Å². The smallest absolute Gasteiger partial charge is 0.136 e. The fourth-order valence-electron chi connectivity index (χ4n) is 3.55. The van der Waals surface area contributed by atoms with E-state index in [1.807, 2.05) is 25.4 Å². The molecule has 0 amide bonds. The molecule has 1 aromatic carbocycles. The highest BCUT2D eigenvalue weighted by molar-refractivity contribution is 7.28. The maximum Gasteiger partial charge on any atom is 0.136 e. The van der Waals surface area contributed by atoms with Crippen LogP contribution in [0.15, 0.2) is 24.4 Å². The molecule has 7 heteroatoms. The third-order valence-corrected chi connectivity index (χ3v) is 7.21. The molecule has 0 saturated carbocycles. The Labute approximate surface area is 152 Å². The Kier molecular flexibility index (Phi) is 3.55. The summed E-state index contributed by atoms with van der Waals surface area (Å²) < 4.78 is 2.94. The van der Waals surface area contributed by atoms with E-state index in [-0.39, 0.29) is 5.75 Å². The van der Waals surface area contributed by atoms with Crippen molar-refractivity contribution in [2.45, 2.75) is 18.8 Å². The van der Waals surface area contributed by atoms with Gasteiger partial charge in [0.25, 0.3) is 0 Å². The van der Waals surface area contributed by atoms with Crippen LogP contribution in [0, 0.1) is 0 Å². The van der Waals surface area contributed by atoms with Crippen molar-refractivity contribution in [3.8, 4) is 16.3 Å². The number of benzene rings is 1. The Morgan fingerprint density at radius 2 is 2.08 bits per heavy atom. The number of nitrogens with zero attached hydrogens (tertiary/aromatic N) is 3. The lowest BCUT2D eigenvalue weighted by atomic mass is 9.97. The quantitative estimate of drug-likeness (QED) is 0.558. The van der Waals surface area contributed by atoms with E-state index in [0.29, 0.717) is 5.92 Å². The summed E-state index contributed by atoms with van der Waals surface area (Å²) in [5.41, 5.74) is 1.59. The zero-order chi connectivity index (χ0) is 17.0. The van der Waals surface area contributed by atoms with Gasteiger partial charge in [-0.2, -0.15) is 5.10 Å². The molecular formula is C18H18N4OS2. The highest BCUT2D eigenvalue weighted by Crippen LogP contribution is 2.43. The number of aromatic hydroxyl groups is 1. The number of phenols is 1. The number of nitrogens with one attached hydrogen (secondary N) is 1. The molecule has 0 radical (unpaired) electrons. The average molecular weight is 371 g/mol. The van der Waals surface area contributed by atoms with Crippen molar-refractivity contribution >= 4 is 43.1 Å². The summed E-state index contributed by atoms with van der Waals surface area (Å²) >= 11 is 3.47. The van der Waals surface area contributed by atoms with E-state index in [4.69, 9.17) is 4.98 Å². The number of fused-ring (bicyclic) bond motifs is 2. The summed E-state index contributed by atoms with van der Waals surface area (Å²) in [5.74, 6) is 0.932. The molecule has 1 saturated heterocycles. The van der Waals surface area contributed by atoms with Crippen LogP contribution in [0.3, 0.4) is 0 Å². The van der Waals surface area contributed by atoms with Gasteiger partial charge in [0.05, 0.1) is 21.2 Å². The molecule has 1 aliphatic heterocycles. The van der Waals surface area contributed by atoms with Gasteiger partial charge in [-0.3, -0.25) is 4.68 Å². The average Bonchev–Trinajstić information content (AvgIpc) is 3.28. The van der Waals surface area contributed by atoms with Crippen molar-refractivity contribution in [1.29, 1.82) is 0 Å². The third kappa shape index (κ3) is 2.54. The Morgan fingerprint density at radius 3 is 2.88 bits per heavy atom. The van der Waals surface area contributed by atoms with Crippen molar-refractivity contribution < 1.29 is 5.11 Å². The van der Waals surface area contributed by atoms with E-state index in [1.165, 1.54) is 22.4 Å². The minimum atomic E-state index is 0.269. The zero-order valence-electron chi connectivity index (χ0n) is 13.8. The van der Waals surface area contributed by atoms with Crippen molar-refractivity contribution in [2.24, 2.45) is 7.05 Å². The first-order valence-corrected chi connectivity index (χ1v) is 10.1. The number of phenolic OH excluding ortho intramolecular Hbond substituents is 1. The van der Waals surface area contributed by atoms with Gasteiger partial charge >= 0.3 is 0 Å². The Balaban J connectivity index is 1.55. The van der Waals surface area contributed by atoms with Crippen LogP contribution < -0.4 is 5.32 Å². The normalized spacial score (nSPS) is 16.2. The first kappa shape index (κ1) is 15.3. The fourth-order valence-corrected chi connectivity index (χ4v) is 5.97. The highest BCUT2D eigenvalue weighted by Gasteiger charge is 2.20. The lowest BCUT2D eigenvalue weighted by Gasteiger charge is -2.21. The number of thiazole rings is 1. The molecule has 0 aliphatic carbocycles. The predicted octanol–water partition coefficient (Wildman–Crippen LogP) is 4.08. The predicted molar refractivity (Wildman–Crippen MR) is 104 cm³/mol. The summed E-state index contributed by atoms with van der Waals surface area (Å²) in [5, 5.41) is 20.1. The lowest BCUT2D eigenvalue weighted by molar-refractivity contribution is 0.465. The van der Waals surface area contributed by atoms with E-state index in [1.54, 1.807) is 27.4 Å². The van der Waals surface area contributed by atoms with Crippen LogP contribution in [0.4, 0.5) is 0 Å². The molecule has 0 unspecified atom stereocenters. The maximum atomic E-state index is 10.6. The van der Waals surface area contributed by atoms with Crippen LogP contribution in [-0.2, 0) is 7.05 Å². The summed E-state index contributed by atoms with van der Waals surface area (Å²) in [7, 11) is 1.86. The minimum Gasteiger partial charge on any atom is -0.506 e. The highest BCUT2D eigenvalue weighted by atomic mass is 32.1. The van der Waals surface area contributed by atoms with Gasteiger partial charge in [0.1, 0.15) is 15.6 Å². The first-order chi connectivity index (χ1) is 12.2. The van der Waals surface area contributed by atoms with Crippen LogP contribution in [0.25, 0.3) is 31.0 Å². The molecule has 2 N–H and O–H groups in total. The van der Waals surface area contributed by atoms with Gasteiger partial charge in [-0.25, -0.2) is 4.98 Å². The Hall–Kier alpha value is -1.96. The van der Waals surface area contributed by atoms with Crippen molar-refractivity contribution in [3.05, 3.63) is 29.3 Å². The molecular weight excluding hydrogens is 352 g/mol. The number of rotatable bonds is 2. The number of piperidine rings is 1. The Morgan fingerprint density at radius 1 is 1.24 bits per heavy atom. The van der Waals surface area contributed by atoms with Crippen LogP contribution in [0.1, 0.15) is 23.6 Å². The molecule has 4 aromatic rings. The second-order valence-corrected chi connectivity index (χ2v) is 8.65. The minimum absolute atomic E-state index is 0.269. The van der Waals surface area contributed by atoms with E-state index in [0.717, 1.165) is 39.4 Å². The number of aromatic nitrogens is 3. The molecule has 0 bridgehead atoms. The van der Waals surface area contributed by atoms with Gasteiger partial charge < -0.3 is 10.4 Å². The van der Waals surface area contributed by atoms with Gasteiger partial charge in [0.15, 0.2) is 0 Å². The van der Waals surface area contributed by atoms with E-state index in [2.05, 4.69) is 16.5 Å². The molecule has 1 fully saturated rings. The lowest BCUT2D eigenvalue weighted by Crippen LogP contribution is -2.26. The number of hydrogen-bond donors (Lipinski definition) is 2.